The Morgan fingerprint density at radius 3 is 2.74 bits per heavy atom. The number of pyridine rings is 1. The molecule has 2 aromatic rings. The Labute approximate surface area is 155 Å². The molecule has 0 spiro atoms. The second kappa shape index (κ2) is 6.54. The Balaban J connectivity index is 1.56. The molecule has 2 N–H and O–H groups in total. The maximum Gasteiger partial charge on any atom is 0.268 e. The van der Waals surface area contributed by atoms with Gasteiger partial charge >= 0.3 is 0 Å². The molecule has 2 aliphatic rings. The van der Waals surface area contributed by atoms with E-state index in [1.54, 1.807) is 19.2 Å². The summed E-state index contributed by atoms with van der Waals surface area (Å²) in [6, 6.07) is 3.50. The van der Waals surface area contributed by atoms with Gasteiger partial charge in [-0.05, 0) is 38.3 Å². The minimum absolute atomic E-state index is 0.0619. The molecule has 1 aliphatic heterocycles. The fourth-order valence-electron chi connectivity index (χ4n) is 3.58. The lowest BCUT2D eigenvalue weighted by Crippen LogP contribution is -2.32. The normalized spacial score (nSPS) is 25.4. The second-order valence-corrected chi connectivity index (χ2v) is 7.42. The van der Waals surface area contributed by atoms with Crippen molar-refractivity contribution in [3.63, 3.8) is 0 Å². The molecule has 0 bridgehead atoms. The minimum atomic E-state index is -2.57. The van der Waals surface area contributed by atoms with Crippen LogP contribution in [0.4, 0.5) is 14.5 Å². The molecular formula is C18H21F2N5O2. The van der Waals surface area contributed by atoms with Gasteiger partial charge in [-0.15, -0.1) is 10.2 Å². The smallest absolute Gasteiger partial charge is 0.268 e. The molecule has 9 heteroatoms. The average Bonchev–Trinajstić information content (AvgIpc) is 3.26. The molecule has 1 saturated carbocycles. The fourth-order valence-corrected chi connectivity index (χ4v) is 3.58. The van der Waals surface area contributed by atoms with Crippen LogP contribution in [0.2, 0.25) is 0 Å². The Hall–Kier alpha value is -2.58. The quantitative estimate of drug-likeness (QED) is 0.851. The molecule has 1 amide bonds. The van der Waals surface area contributed by atoms with Gasteiger partial charge in [-0.3, -0.25) is 4.79 Å². The van der Waals surface area contributed by atoms with Crippen LogP contribution in [0.5, 0.6) is 0 Å². The second-order valence-electron chi connectivity index (χ2n) is 7.42. The van der Waals surface area contributed by atoms with E-state index in [1.165, 1.54) is 0 Å². The van der Waals surface area contributed by atoms with Crippen molar-refractivity contribution in [2.75, 3.05) is 11.9 Å². The van der Waals surface area contributed by atoms with Gasteiger partial charge in [0.15, 0.2) is 5.69 Å². The molecule has 2 fully saturated rings. The van der Waals surface area contributed by atoms with Crippen molar-refractivity contribution in [2.45, 2.75) is 56.4 Å². The van der Waals surface area contributed by atoms with E-state index in [-0.39, 0.29) is 36.6 Å². The first-order chi connectivity index (χ1) is 12.9. The van der Waals surface area contributed by atoms with Gasteiger partial charge in [-0.2, -0.15) is 0 Å². The van der Waals surface area contributed by atoms with Crippen LogP contribution in [-0.2, 0) is 10.2 Å². The summed E-state index contributed by atoms with van der Waals surface area (Å²) in [5.74, 6) is -2.26. The first-order valence-electron chi connectivity index (χ1n) is 9.09. The summed E-state index contributed by atoms with van der Waals surface area (Å²) in [5, 5.41) is 14.2. The van der Waals surface area contributed by atoms with E-state index >= 15 is 0 Å². The van der Waals surface area contributed by atoms with Crippen molar-refractivity contribution in [3.05, 3.63) is 24.2 Å². The highest BCUT2D eigenvalue weighted by molar-refractivity contribution is 5.88. The lowest BCUT2D eigenvalue weighted by Gasteiger charge is -2.29. The third-order valence-electron chi connectivity index (χ3n) is 5.40. The van der Waals surface area contributed by atoms with E-state index in [0.717, 1.165) is 0 Å². The van der Waals surface area contributed by atoms with Crippen LogP contribution in [0.1, 0.15) is 44.9 Å². The number of carbonyl (C=O) groups is 1. The summed E-state index contributed by atoms with van der Waals surface area (Å²) in [4.78, 5) is 16.4. The first kappa shape index (κ1) is 17.8. The molecule has 0 unspecified atom stereocenters. The van der Waals surface area contributed by atoms with Gasteiger partial charge in [0.25, 0.3) is 5.89 Å². The van der Waals surface area contributed by atoms with Crippen molar-refractivity contribution < 1.29 is 18.0 Å². The SMILES string of the molecule is C[C@]1(c2nnc(-c3ncccc3NC3CCC(F)(F)CC3)o2)CCNC1=O. The number of hydrogen-bond acceptors (Lipinski definition) is 6. The van der Waals surface area contributed by atoms with Crippen molar-refractivity contribution in [3.8, 4) is 11.6 Å². The molecule has 1 saturated heterocycles. The van der Waals surface area contributed by atoms with Crippen LogP contribution >= 0.6 is 0 Å². The first-order valence-corrected chi connectivity index (χ1v) is 9.09. The predicted molar refractivity (Wildman–Crippen MR) is 93.3 cm³/mol. The average molecular weight is 377 g/mol. The number of nitrogens with one attached hydrogen (secondary N) is 2. The van der Waals surface area contributed by atoms with E-state index in [1.807, 2.05) is 6.07 Å². The monoisotopic (exact) mass is 377 g/mol. The van der Waals surface area contributed by atoms with Crippen LogP contribution in [0.15, 0.2) is 22.7 Å². The highest BCUT2D eigenvalue weighted by atomic mass is 19.3. The zero-order valence-corrected chi connectivity index (χ0v) is 15.0. The van der Waals surface area contributed by atoms with Crippen molar-refractivity contribution >= 4 is 11.6 Å². The number of nitrogens with zero attached hydrogens (tertiary/aromatic N) is 3. The van der Waals surface area contributed by atoms with Crippen LogP contribution < -0.4 is 10.6 Å². The Bertz CT molecular complexity index is 846. The van der Waals surface area contributed by atoms with Crippen molar-refractivity contribution in [1.82, 2.24) is 20.5 Å². The van der Waals surface area contributed by atoms with E-state index in [9.17, 15) is 13.6 Å². The summed E-state index contributed by atoms with van der Waals surface area (Å²) >= 11 is 0. The lowest BCUT2D eigenvalue weighted by molar-refractivity contribution is -0.124. The number of aromatic nitrogens is 3. The van der Waals surface area contributed by atoms with E-state index in [0.29, 0.717) is 37.2 Å². The molecule has 7 nitrogen and oxygen atoms in total. The number of rotatable bonds is 4. The number of halogens is 2. The molecule has 1 atom stereocenters. The topological polar surface area (TPSA) is 92.9 Å². The molecule has 0 radical (unpaired) electrons. The van der Waals surface area contributed by atoms with Gasteiger partial charge < -0.3 is 15.1 Å². The zero-order chi connectivity index (χ0) is 19.1. The van der Waals surface area contributed by atoms with Gasteiger partial charge in [-0.25, -0.2) is 13.8 Å². The van der Waals surface area contributed by atoms with Crippen LogP contribution in [0, 0.1) is 0 Å². The number of hydrogen-bond donors (Lipinski definition) is 2. The van der Waals surface area contributed by atoms with Crippen molar-refractivity contribution in [2.24, 2.45) is 0 Å². The van der Waals surface area contributed by atoms with Gasteiger partial charge in [0, 0.05) is 31.6 Å². The summed E-state index contributed by atoms with van der Waals surface area (Å²) in [5.41, 5.74) is 0.266. The Morgan fingerprint density at radius 2 is 2.04 bits per heavy atom. The molecule has 144 valence electrons. The summed E-state index contributed by atoms with van der Waals surface area (Å²) < 4.78 is 32.5. The summed E-state index contributed by atoms with van der Waals surface area (Å²) in [6.45, 7) is 2.34. The number of alkyl halides is 2. The molecule has 4 rings (SSSR count). The third kappa shape index (κ3) is 3.38. The van der Waals surface area contributed by atoms with Gasteiger partial charge in [-0.1, -0.05) is 0 Å². The minimum Gasteiger partial charge on any atom is -0.418 e. The maximum atomic E-state index is 13.4. The van der Waals surface area contributed by atoms with E-state index in [2.05, 4.69) is 25.8 Å². The highest BCUT2D eigenvalue weighted by Gasteiger charge is 2.44. The molecule has 27 heavy (non-hydrogen) atoms. The van der Waals surface area contributed by atoms with Crippen LogP contribution in [-0.4, -0.2) is 39.6 Å². The number of amides is 1. The van der Waals surface area contributed by atoms with Gasteiger partial charge in [0.05, 0.1) is 5.69 Å². The molecule has 2 aromatic heterocycles. The molecule has 3 heterocycles. The number of carbonyl (C=O) groups excluding carboxylic acids is 1. The maximum absolute atomic E-state index is 13.4. The van der Waals surface area contributed by atoms with Gasteiger partial charge in [0.1, 0.15) is 5.41 Å². The standard InChI is InChI=1S/C18H21F2N5O2/c1-17(8-10-22-15(17)26)16-25-24-14(27-16)13-12(3-2-9-21-13)23-11-4-6-18(19,20)7-5-11/h2-3,9,11,23H,4-8,10H2,1H3,(H,22,26)/t17-/m0/s1. The van der Waals surface area contributed by atoms with Crippen LogP contribution in [0.25, 0.3) is 11.6 Å². The summed E-state index contributed by atoms with van der Waals surface area (Å²) in [7, 11) is 0. The summed E-state index contributed by atoms with van der Waals surface area (Å²) in [6.07, 6.45) is 2.70. The highest BCUT2D eigenvalue weighted by Crippen LogP contribution is 2.36. The third-order valence-corrected chi connectivity index (χ3v) is 5.40. The van der Waals surface area contributed by atoms with Crippen molar-refractivity contribution in [1.29, 1.82) is 0 Å². The number of anilines is 1. The molecule has 1 aliphatic carbocycles. The fraction of sp³-hybridized carbons (Fsp3) is 0.556. The predicted octanol–water partition coefficient (Wildman–Crippen LogP) is 2.90. The largest absolute Gasteiger partial charge is 0.418 e. The lowest BCUT2D eigenvalue weighted by atomic mass is 9.89. The van der Waals surface area contributed by atoms with Crippen LogP contribution in [0.3, 0.4) is 0 Å². The Kier molecular flexibility index (Phi) is 4.32. The Morgan fingerprint density at radius 1 is 1.26 bits per heavy atom. The zero-order valence-electron chi connectivity index (χ0n) is 15.0. The van der Waals surface area contributed by atoms with E-state index in [4.69, 9.17) is 4.42 Å². The molecule has 0 aromatic carbocycles. The molecular weight excluding hydrogens is 356 g/mol. The van der Waals surface area contributed by atoms with E-state index < -0.39 is 11.3 Å². The van der Waals surface area contributed by atoms with Gasteiger partial charge in [0.2, 0.25) is 17.7 Å².